The summed E-state index contributed by atoms with van der Waals surface area (Å²) in [4.78, 5) is 16.5. The van der Waals surface area contributed by atoms with Gasteiger partial charge < -0.3 is 9.73 Å². The third-order valence-electron chi connectivity index (χ3n) is 3.17. The van der Waals surface area contributed by atoms with Crippen LogP contribution in [-0.4, -0.2) is 21.5 Å². The Morgan fingerprint density at radius 3 is 2.56 bits per heavy atom. The average molecular weight is 443 g/mol. The average Bonchev–Trinajstić information content (AvgIpc) is 3.03. The Morgan fingerprint density at radius 2 is 2.00 bits per heavy atom. The first kappa shape index (κ1) is 20.4. The Labute approximate surface area is 170 Å². The number of benzene rings is 1. The number of hydrogen-bond acceptors (Lipinski definition) is 3. The Hall–Kier alpha value is -0.910. The predicted molar refractivity (Wildman–Crippen MR) is 104 cm³/mol. The Morgan fingerprint density at radius 1 is 1.28 bits per heavy atom. The van der Waals surface area contributed by atoms with Crippen LogP contribution < -0.4 is 5.32 Å². The summed E-state index contributed by atoms with van der Waals surface area (Å²) in [5.74, 6) is -0.367. The summed E-state index contributed by atoms with van der Waals surface area (Å²) in [7, 11) is 0. The summed E-state index contributed by atoms with van der Waals surface area (Å²) in [6.07, 6.45) is 1.58. The van der Waals surface area contributed by atoms with E-state index in [-0.39, 0.29) is 12.2 Å². The number of nitrogens with zero attached hydrogens (tertiary/aromatic N) is 1. The molecule has 1 atom stereocenters. The van der Waals surface area contributed by atoms with Crippen LogP contribution in [0.1, 0.15) is 23.9 Å². The van der Waals surface area contributed by atoms with E-state index in [1.54, 1.807) is 31.2 Å². The number of nitrogens with one attached hydrogen (secondary N) is 1. The molecule has 1 amide bonds. The lowest BCUT2D eigenvalue weighted by Gasteiger charge is -2.25. The maximum atomic E-state index is 12.1. The summed E-state index contributed by atoms with van der Waals surface area (Å²) in [6, 6.07) is 7.23. The van der Waals surface area contributed by atoms with E-state index in [0.717, 1.165) is 0 Å². The minimum Gasteiger partial charge on any atom is -0.459 e. The highest BCUT2D eigenvalue weighted by Gasteiger charge is 2.34. The summed E-state index contributed by atoms with van der Waals surface area (Å²) in [6.45, 7) is 1.74. The first-order valence-corrected chi connectivity index (χ1v) is 8.96. The molecule has 0 bridgehead atoms. The highest BCUT2D eigenvalue weighted by atomic mass is 35.6. The molecule has 1 N–H and O–H groups in total. The molecule has 9 heteroatoms. The maximum absolute atomic E-state index is 12.1. The molecule has 25 heavy (non-hydrogen) atoms. The van der Waals surface area contributed by atoms with Gasteiger partial charge in [0.1, 0.15) is 0 Å². The van der Waals surface area contributed by atoms with Gasteiger partial charge in [-0.25, -0.2) is 0 Å². The van der Waals surface area contributed by atoms with Crippen LogP contribution in [0.4, 0.5) is 5.69 Å². The van der Waals surface area contributed by atoms with E-state index in [4.69, 9.17) is 62.4 Å². The van der Waals surface area contributed by atoms with Crippen molar-refractivity contribution in [2.24, 2.45) is 4.99 Å². The van der Waals surface area contributed by atoms with Gasteiger partial charge >= 0.3 is 0 Å². The lowest BCUT2D eigenvalue weighted by atomic mass is 10.1. The van der Waals surface area contributed by atoms with Crippen molar-refractivity contribution in [2.75, 3.05) is 0 Å². The second-order valence-electron chi connectivity index (χ2n) is 5.19. The second-order valence-corrected chi connectivity index (χ2v) is 8.40. The van der Waals surface area contributed by atoms with E-state index in [1.807, 2.05) is 0 Å². The molecule has 2 aromatic rings. The number of amides is 1. The normalized spacial score (nSPS) is 13.6. The first-order chi connectivity index (χ1) is 11.7. The molecular formula is C16H13Cl5N2O2. The molecule has 0 aliphatic rings. The first-order valence-electron chi connectivity index (χ1n) is 7.07. The highest BCUT2D eigenvalue weighted by Crippen LogP contribution is 2.33. The van der Waals surface area contributed by atoms with Crippen LogP contribution in [0.3, 0.4) is 0 Å². The molecule has 0 saturated carbocycles. The Kier molecular flexibility index (Phi) is 7.06. The van der Waals surface area contributed by atoms with Gasteiger partial charge in [-0.3, -0.25) is 9.79 Å². The molecule has 1 unspecified atom stereocenters. The third kappa shape index (κ3) is 6.08. The Bertz CT molecular complexity index is 769. The zero-order valence-corrected chi connectivity index (χ0v) is 16.7. The van der Waals surface area contributed by atoms with Crippen LogP contribution in [0.2, 0.25) is 10.0 Å². The standard InChI is InChI=1S/C16H13Cl5N2O2/c1-9(22-12-5-4-10(17)8-11(12)18)7-14(16(19,20)21)23-15(24)13-3-2-6-25-13/h2-6,8,14H,7H2,1H3,(H,23,24). The van der Waals surface area contributed by atoms with E-state index >= 15 is 0 Å². The SMILES string of the molecule is CC(CC(NC(=O)c1ccco1)C(Cl)(Cl)Cl)=Nc1ccc(Cl)cc1Cl. The van der Waals surface area contributed by atoms with Crippen LogP contribution in [0.25, 0.3) is 0 Å². The van der Waals surface area contributed by atoms with Crippen molar-refractivity contribution in [2.45, 2.75) is 23.2 Å². The van der Waals surface area contributed by atoms with Gasteiger partial charge in [-0.05, 0) is 37.3 Å². The van der Waals surface area contributed by atoms with Gasteiger partial charge in [0, 0.05) is 17.2 Å². The molecule has 0 fully saturated rings. The van der Waals surface area contributed by atoms with Crippen LogP contribution in [0, 0.1) is 0 Å². The van der Waals surface area contributed by atoms with Crippen molar-refractivity contribution < 1.29 is 9.21 Å². The van der Waals surface area contributed by atoms with E-state index < -0.39 is 15.7 Å². The van der Waals surface area contributed by atoms with Crippen LogP contribution in [0.5, 0.6) is 0 Å². The van der Waals surface area contributed by atoms with Crippen LogP contribution in [-0.2, 0) is 0 Å². The van der Waals surface area contributed by atoms with Gasteiger partial charge in [0.15, 0.2) is 5.76 Å². The molecule has 4 nitrogen and oxygen atoms in total. The highest BCUT2D eigenvalue weighted by molar-refractivity contribution is 6.68. The van der Waals surface area contributed by atoms with E-state index in [1.165, 1.54) is 12.3 Å². The van der Waals surface area contributed by atoms with Gasteiger partial charge in [-0.15, -0.1) is 0 Å². The van der Waals surface area contributed by atoms with Crippen LogP contribution >= 0.6 is 58.0 Å². The van der Waals surface area contributed by atoms with Gasteiger partial charge in [0.25, 0.3) is 5.91 Å². The van der Waals surface area contributed by atoms with Crippen LogP contribution in [0.15, 0.2) is 46.0 Å². The summed E-state index contributed by atoms with van der Waals surface area (Å²) in [5, 5.41) is 3.54. The number of carbonyl (C=O) groups is 1. The van der Waals surface area contributed by atoms with E-state index in [2.05, 4.69) is 10.3 Å². The van der Waals surface area contributed by atoms with Gasteiger partial charge in [0.2, 0.25) is 3.79 Å². The topological polar surface area (TPSA) is 54.6 Å². The molecule has 1 heterocycles. The number of furan rings is 1. The van der Waals surface area contributed by atoms with Gasteiger partial charge in [-0.1, -0.05) is 58.0 Å². The smallest absolute Gasteiger partial charge is 0.287 e. The van der Waals surface area contributed by atoms with Crippen molar-refractivity contribution >= 4 is 75.3 Å². The molecule has 0 saturated heterocycles. The molecule has 134 valence electrons. The molecule has 0 radical (unpaired) electrons. The third-order valence-corrected chi connectivity index (χ3v) is 4.49. The molecule has 1 aromatic heterocycles. The number of rotatable bonds is 5. The van der Waals surface area contributed by atoms with Crippen molar-refractivity contribution in [3.8, 4) is 0 Å². The summed E-state index contributed by atoms with van der Waals surface area (Å²) in [5.41, 5.74) is 1.14. The van der Waals surface area contributed by atoms with Crippen molar-refractivity contribution in [1.82, 2.24) is 5.32 Å². The minimum absolute atomic E-state index is 0.120. The van der Waals surface area contributed by atoms with E-state index in [9.17, 15) is 4.79 Å². The molecule has 0 aliphatic heterocycles. The van der Waals surface area contributed by atoms with E-state index in [0.29, 0.717) is 21.4 Å². The summed E-state index contributed by atoms with van der Waals surface area (Å²) < 4.78 is 3.30. The number of halogens is 5. The zero-order chi connectivity index (χ0) is 18.6. The van der Waals surface area contributed by atoms with Crippen molar-refractivity contribution in [3.63, 3.8) is 0 Å². The largest absolute Gasteiger partial charge is 0.459 e. The van der Waals surface area contributed by atoms with Crippen molar-refractivity contribution in [3.05, 3.63) is 52.4 Å². The fraction of sp³-hybridized carbons (Fsp3) is 0.250. The van der Waals surface area contributed by atoms with Crippen molar-refractivity contribution in [1.29, 1.82) is 0 Å². The number of hydrogen-bond donors (Lipinski definition) is 1. The van der Waals surface area contributed by atoms with Gasteiger partial charge in [-0.2, -0.15) is 0 Å². The fourth-order valence-electron chi connectivity index (χ4n) is 2.00. The number of carbonyl (C=O) groups excluding carboxylic acids is 1. The predicted octanol–water partition coefficient (Wildman–Crippen LogP) is 6.24. The zero-order valence-electron chi connectivity index (χ0n) is 12.9. The number of alkyl halides is 3. The molecule has 2 rings (SSSR count). The summed E-state index contributed by atoms with van der Waals surface area (Å²) >= 11 is 29.9. The fourth-order valence-corrected chi connectivity index (χ4v) is 2.85. The molecule has 1 aromatic carbocycles. The lowest BCUT2D eigenvalue weighted by molar-refractivity contribution is 0.0910. The molecular weight excluding hydrogens is 429 g/mol. The Balaban J connectivity index is 2.16. The molecule has 0 aliphatic carbocycles. The minimum atomic E-state index is -1.73. The quantitative estimate of drug-likeness (QED) is 0.440. The number of aliphatic imine (C=N–C) groups is 1. The monoisotopic (exact) mass is 440 g/mol. The lowest BCUT2D eigenvalue weighted by Crippen LogP contribution is -2.44. The maximum Gasteiger partial charge on any atom is 0.287 e. The second kappa shape index (κ2) is 8.65. The molecule has 0 spiro atoms. The van der Waals surface area contributed by atoms with Gasteiger partial charge in [0.05, 0.1) is 23.0 Å².